The van der Waals surface area contributed by atoms with Gasteiger partial charge in [-0.2, -0.15) is 0 Å². The van der Waals surface area contributed by atoms with Crippen LogP contribution in [-0.4, -0.2) is 41.1 Å². The molecular formula is C18H19NO6. The highest BCUT2D eigenvalue weighted by Gasteiger charge is 2.31. The number of carboxylic acid groups (broad SMARTS) is 1. The van der Waals surface area contributed by atoms with Crippen LogP contribution in [0.1, 0.15) is 24.8 Å². The molecule has 25 heavy (non-hydrogen) atoms. The number of aliphatic carboxylic acids is 1. The summed E-state index contributed by atoms with van der Waals surface area (Å²) in [6, 6.07) is 5.63. The second-order valence-corrected chi connectivity index (χ2v) is 6.13. The molecule has 7 nitrogen and oxygen atoms in total. The number of amides is 1. The number of benzene rings is 1. The lowest BCUT2D eigenvalue weighted by Crippen LogP contribution is -2.49. The van der Waals surface area contributed by atoms with Crippen LogP contribution in [0.3, 0.4) is 0 Å². The van der Waals surface area contributed by atoms with Crippen molar-refractivity contribution in [3.8, 4) is 5.75 Å². The Morgan fingerprint density at radius 2 is 2.12 bits per heavy atom. The van der Waals surface area contributed by atoms with Crippen LogP contribution in [0, 0.1) is 6.92 Å². The van der Waals surface area contributed by atoms with Gasteiger partial charge in [0, 0.05) is 24.1 Å². The molecule has 1 aliphatic rings. The average Bonchev–Trinajstić information content (AvgIpc) is 2.59. The number of hydrogen-bond acceptors (Lipinski definition) is 5. The van der Waals surface area contributed by atoms with Gasteiger partial charge in [-0.1, -0.05) is 0 Å². The summed E-state index contributed by atoms with van der Waals surface area (Å²) in [6.45, 7) is 1.97. The van der Waals surface area contributed by atoms with Gasteiger partial charge in [-0.3, -0.25) is 4.79 Å². The molecule has 3 rings (SSSR count). The molecule has 1 aromatic heterocycles. The molecule has 2 aromatic rings. The minimum atomic E-state index is -0.990. The van der Waals surface area contributed by atoms with Crippen molar-refractivity contribution < 1.29 is 23.8 Å². The Morgan fingerprint density at radius 1 is 1.32 bits per heavy atom. The summed E-state index contributed by atoms with van der Waals surface area (Å²) < 4.78 is 10.6. The van der Waals surface area contributed by atoms with E-state index in [-0.39, 0.29) is 12.5 Å². The molecule has 7 heteroatoms. The van der Waals surface area contributed by atoms with Crippen LogP contribution in [0.4, 0.5) is 0 Å². The molecule has 1 saturated heterocycles. The molecule has 2 heterocycles. The van der Waals surface area contributed by atoms with Gasteiger partial charge >= 0.3 is 11.6 Å². The van der Waals surface area contributed by atoms with E-state index in [9.17, 15) is 19.5 Å². The highest BCUT2D eigenvalue weighted by Crippen LogP contribution is 2.23. The predicted octanol–water partition coefficient (Wildman–Crippen LogP) is 1.95. The van der Waals surface area contributed by atoms with Gasteiger partial charge in [0.2, 0.25) is 0 Å². The van der Waals surface area contributed by atoms with Crippen LogP contribution < -0.4 is 10.4 Å². The third kappa shape index (κ3) is 3.65. The molecular weight excluding hydrogens is 326 g/mol. The first-order chi connectivity index (χ1) is 12.0. The lowest BCUT2D eigenvalue weighted by atomic mass is 10.0. The molecule has 0 aliphatic carbocycles. The van der Waals surface area contributed by atoms with Crippen molar-refractivity contribution in [2.45, 2.75) is 32.2 Å². The summed E-state index contributed by atoms with van der Waals surface area (Å²) in [7, 11) is 0. The van der Waals surface area contributed by atoms with Gasteiger partial charge in [0.1, 0.15) is 17.4 Å². The standard InChI is InChI=1S/C18H19NO6/c1-11-8-17(21)25-15-9-12(5-6-13(11)15)24-10-16(20)19-7-3-2-4-14(19)18(22)23/h5-6,8-9,14H,2-4,7,10H2,1H3,(H,22,23). The van der Waals surface area contributed by atoms with E-state index in [0.29, 0.717) is 24.3 Å². The number of carboxylic acids is 1. The van der Waals surface area contributed by atoms with E-state index in [0.717, 1.165) is 23.8 Å². The molecule has 1 fully saturated rings. The molecule has 0 spiro atoms. The normalized spacial score (nSPS) is 17.5. The summed E-state index contributed by atoms with van der Waals surface area (Å²) in [5, 5.41) is 10.0. The van der Waals surface area contributed by atoms with E-state index in [1.54, 1.807) is 18.2 Å². The predicted molar refractivity (Wildman–Crippen MR) is 89.7 cm³/mol. The van der Waals surface area contributed by atoms with Crippen LogP contribution >= 0.6 is 0 Å². The van der Waals surface area contributed by atoms with Gasteiger partial charge in [0.05, 0.1) is 0 Å². The Hall–Kier alpha value is -2.83. The number of rotatable bonds is 4. The van der Waals surface area contributed by atoms with Gasteiger partial charge in [-0.15, -0.1) is 0 Å². The Balaban J connectivity index is 1.72. The van der Waals surface area contributed by atoms with Crippen LogP contribution in [0.2, 0.25) is 0 Å². The van der Waals surface area contributed by atoms with Crippen molar-refractivity contribution in [1.82, 2.24) is 4.90 Å². The van der Waals surface area contributed by atoms with Crippen molar-refractivity contribution in [3.05, 3.63) is 40.2 Å². The second kappa shape index (κ2) is 6.96. The van der Waals surface area contributed by atoms with Crippen molar-refractivity contribution in [3.63, 3.8) is 0 Å². The Bertz CT molecular complexity index is 871. The summed E-state index contributed by atoms with van der Waals surface area (Å²) >= 11 is 0. The fourth-order valence-electron chi connectivity index (χ4n) is 3.11. The van der Waals surface area contributed by atoms with Crippen LogP contribution in [0.5, 0.6) is 5.75 Å². The molecule has 1 aromatic carbocycles. The lowest BCUT2D eigenvalue weighted by molar-refractivity contribution is -0.152. The highest BCUT2D eigenvalue weighted by molar-refractivity contribution is 5.85. The van der Waals surface area contributed by atoms with E-state index in [1.165, 1.54) is 11.0 Å². The minimum Gasteiger partial charge on any atom is -0.484 e. The summed E-state index contributed by atoms with van der Waals surface area (Å²) in [4.78, 5) is 36.4. The molecule has 0 saturated carbocycles. The van der Waals surface area contributed by atoms with Crippen LogP contribution in [0.15, 0.2) is 33.5 Å². The molecule has 1 amide bonds. The SMILES string of the molecule is Cc1cc(=O)oc2cc(OCC(=O)N3CCCCC3C(=O)O)ccc12. The van der Waals surface area contributed by atoms with E-state index in [1.807, 2.05) is 6.92 Å². The topological polar surface area (TPSA) is 97.0 Å². The van der Waals surface area contributed by atoms with Gasteiger partial charge in [0.25, 0.3) is 5.91 Å². The highest BCUT2D eigenvalue weighted by atomic mass is 16.5. The Morgan fingerprint density at radius 3 is 2.88 bits per heavy atom. The fourth-order valence-corrected chi connectivity index (χ4v) is 3.11. The van der Waals surface area contributed by atoms with Crippen molar-refractivity contribution in [2.75, 3.05) is 13.2 Å². The van der Waals surface area contributed by atoms with E-state index < -0.39 is 17.6 Å². The van der Waals surface area contributed by atoms with Gasteiger partial charge in [-0.05, 0) is 43.9 Å². The number of carbonyl (C=O) groups is 2. The Kier molecular flexibility index (Phi) is 4.74. The third-order valence-electron chi connectivity index (χ3n) is 4.39. The van der Waals surface area contributed by atoms with E-state index in [4.69, 9.17) is 9.15 Å². The zero-order chi connectivity index (χ0) is 18.0. The number of aryl methyl sites for hydroxylation is 1. The molecule has 1 aliphatic heterocycles. The number of piperidine rings is 1. The maximum atomic E-state index is 12.3. The zero-order valence-electron chi connectivity index (χ0n) is 13.9. The average molecular weight is 345 g/mol. The molecule has 0 bridgehead atoms. The molecule has 1 N–H and O–H groups in total. The number of fused-ring (bicyclic) bond motifs is 1. The van der Waals surface area contributed by atoms with E-state index >= 15 is 0 Å². The van der Waals surface area contributed by atoms with Gasteiger partial charge in [-0.25, -0.2) is 9.59 Å². The van der Waals surface area contributed by atoms with Crippen molar-refractivity contribution in [2.24, 2.45) is 0 Å². The number of nitrogens with zero attached hydrogens (tertiary/aromatic N) is 1. The molecule has 1 atom stereocenters. The molecule has 132 valence electrons. The maximum absolute atomic E-state index is 12.3. The molecule has 0 radical (unpaired) electrons. The smallest absolute Gasteiger partial charge is 0.336 e. The first-order valence-corrected chi connectivity index (χ1v) is 8.15. The van der Waals surface area contributed by atoms with E-state index in [2.05, 4.69) is 0 Å². The third-order valence-corrected chi connectivity index (χ3v) is 4.39. The monoisotopic (exact) mass is 345 g/mol. The zero-order valence-corrected chi connectivity index (χ0v) is 13.9. The van der Waals surface area contributed by atoms with Crippen LogP contribution in [-0.2, 0) is 9.59 Å². The largest absolute Gasteiger partial charge is 0.484 e. The Labute approximate surface area is 143 Å². The van der Waals surface area contributed by atoms with Gasteiger partial charge < -0.3 is 19.2 Å². The lowest BCUT2D eigenvalue weighted by Gasteiger charge is -2.32. The summed E-state index contributed by atoms with van der Waals surface area (Å²) in [6.07, 6.45) is 2.04. The fraction of sp³-hybridized carbons (Fsp3) is 0.389. The van der Waals surface area contributed by atoms with Crippen LogP contribution in [0.25, 0.3) is 11.0 Å². The van der Waals surface area contributed by atoms with Gasteiger partial charge in [0.15, 0.2) is 6.61 Å². The first-order valence-electron chi connectivity index (χ1n) is 8.15. The van der Waals surface area contributed by atoms with Crippen molar-refractivity contribution in [1.29, 1.82) is 0 Å². The quantitative estimate of drug-likeness (QED) is 0.851. The van der Waals surface area contributed by atoms with Crippen molar-refractivity contribution >= 4 is 22.8 Å². The number of carbonyl (C=O) groups excluding carboxylic acids is 1. The second-order valence-electron chi connectivity index (χ2n) is 6.13. The number of ether oxygens (including phenoxy) is 1. The number of hydrogen-bond donors (Lipinski definition) is 1. The number of likely N-dealkylation sites (tertiary alicyclic amines) is 1. The first kappa shape index (κ1) is 17.0. The summed E-state index contributed by atoms with van der Waals surface area (Å²) in [5.74, 6) is -0.965. The summed E-state index contributed by atoms with van der Waals surface area (Å²) in [5.41, 5.74) is 0.735. The molecule has 1 unspecified atom stereocenters. The minimum absolute atomic E-state index is 0.259. The maximum Gasteiger partial charge on any atom is 0.336 e.